The predicted octanol–water partition coefficient (Wildman–Crippen LogP) is 3.74. The van der Waals surface area contributed by atoms with Crippen molar-refractivity contribution in [1.82, 2.24) is 0 Å². The van der Waals surface area contributed by atoms with Gasteiger partial charge in [-0.25, -0.2) is 4.39 Å². The molecular weight excluding hydrogens is 255 g/mol. The van der Waals surface area contributed by atoms with Crippen molar-refractivity contribution in [3.8, 4) is 0 Å². The van der Waals surface area contributed by atoms with Crippen LogP contribution in [0, 0.1) is 19.7 Å². The van der Waals surface area contributed by atoms with Crippen molar-refractivity contribution >= 4 is 17.3 Å². The molecule has 0 aliphatic carbocycles. The van der Waals surface area contributed by atoms with E-state index in [1.165, 1.54) is 12.1 Å². The molecule has 2 N–H and O–H groups in total. The molecule has 0 aliphatic rings. The van der Waals surface area contributed by atoms with E-state index >= 15 is 0 Å². The molecule has 2 aromatic carbocycles. The molecule has 0 heterocycles. The Morgan fingerprint density at radius 1 is 1.10 bits per heavy atom. The van der Waals surface area contributed by atoms with Crippen molar-refractivity contribution in [3.05, 3.63) is 58.9 Å². The molecule has 0 atom stereocenters. The molecule has 0 fully saturated rings. The number of hydrogen-bond acceptors (Lipinski definition) is 2. The molecule has 3 nitrogen and oxygen atoms in total. The van der Waals surface area contributed by atoms with Crippen LogP contribution in [0.1, 0.15) is 21.5 Å². The SMILES string of the molecule is CNc1c(F)cccc1C(=O)Nc1cccc(C)c1C. The second-order valence-electron chi connectivity index (χ2n) is 4.61. The minimum atomic E-state index is -0.443. The number of benzene rings is 2. The lowest BCUT2D eigenvalue weighted by Crippen LogP contribution is -2.15. The summed E-state index contributed by atoms with van der Waals surface area (Å²) in [5, 5.41) is 5.54. The number of anilines is 2. The molecule has 0 bridgehead atoms. The van der Waals surface area contributed by atoms with Crippen molar-refractivity contribution in [1.29, 1.82) is 0 Å². The predicted molar refractivity (Wildman–Crippen MR) is 79.8 cm³/mol. The summed E-state index contributed by atoms with van der Waals surface area (Å²) in [6, 6.07) is 10.1. The normalized spacial score (nSPS) is 10.2. The zero-order valence-electron chi connectivity index (χ0n) is 11.8. The molecule has 0 aliphatic heterocycles. The van der Waals surface area contributed by atoms with Gasteiger partial charge in [0.1, 0.15) is 5.82 Å². The number of halogens is 1. The lowest BCUT2D eigenvalue weighted by molar-refractivity contribution is 0.102. The van der Waals surface area contributed by atoms with E-state index in [4.69, 9.17) is 0 Å². The minimum absolute atomic E-state index is 0.204. The van der Waals surface area contributed by atoms with Crippen LogP contribution in [0.25, 0.3) is 0 Å². The third-order valence-corrected chi connectivity index (χ3v) is 3.36. The second kappa shape index (κ2) is 5.74. The van der Waals surface area contributed by atoms with Gasteiger partial charge in [0.2, 0.25) is 0 Å². The van der Waals surface area contributed by atoms with Gasteiger partial charge in [-0.3, -0.25) is 4.79 Å². The topological polar surface area (TPSA) is 41.1 Å². The summed E-state index contributed by atoms with van der Waals surface area (Å²) < 4.78 is 13.7. The fraction of sp³-hybridized carbons (Fsp3) is 0.188. The summed E-state index contributed by atoms with van der Waals surface area (Å²) >= 11 is 0. The van der Waals surface area contributed by atoms with Crippen LogP contribution in [0.3, 0.4) is 0 Å². The van der Waals surface area contributed by atoms with Crippen LogP contribution in [-0.2, 0) is 0 Å². The van der Waals surface area contributed by atoms with Crippen LogP contribution in [0.5, 0.6) is 0 Å². The molecule has 0 saturated heterocycles. The highest BCUT2D eigenvalue weighted by Crippen LogP contribution is 2.23. The highest BCUT2D eigenvalue weighted by molar-refractivity contribution is 6.08. The molecular formula is C16H17FN2O. The Hall–Kier alpha value is -2.36. The Morgan fingerprint density at radius 3 is 2.50 bits per heavy atom. The summed E-state index contributed by atoms with van der Waals surface area (Å²) in [6.07, 6.45) is 0. The van der Waals surface area contributed by atoms with E-state index in [-0.39, 0.29) is 17.2 Å². The summed E-state index contributed by atoms with van der Waals surface area (Å²) in [6.45, 7) is 3.92. The van der Waals surface area contributed by atoms with Crippen LogP contribution >= 0.6 is 0 Å². The maximum Gasteiger partial charge on any atom is 0.257 e. The highest BCUT2D eigenvalue weighted by Gasteiger charge is 2.15. The van der Waals surface area contributed by atoms with Crippen LogP contribution in [0.2, 0.25) is 0 Å². The Labute approximate surface area is 117 Å². The molecule has 1 amide bonds. The zero-order valence-corrected chi connectivity index (χ0v) is 11.8. The van der Waals surface area contributed by atoms with E-state index in [1.807, 2.05) is 32.0 Å². The minimum Gasteiger partial charge on any atom is -0.385 e. The first-order valence-electron chi connectivity index (χ1n) is 6.38. The first kappa shape index (κ1) is 14.1. The largest absolute Gasteiger partial charge is 0.385 e. The molecule has 0 unspecified atom stereocenters. The van der Waals surface area contributed by atoms with Crippen molar-refractivity contribution in [2.45, 2.75) is 13.8 Å². The van der Waals surface area contributed by atoms with Crippen LogP contribution in [0.4, 0.5) is 15.8 Å². The van der Waals surface area contributed by atoms with Gasteiger partial charge in [-0.1, -0.05) is 18.2 Å². The first-order chi connectivity index (χ1) is 9.54. The summed E-state index contributed by atoms with van der Waals surface area (Å²) in [4.78, 5) is 12.3. The standard InChI is InChI=1S/C16H17FN2O/c1-10-6-4-9-14(11(10)2)19-16(20)12-7-5-8-13(17)15(12)18-3/h4-9,18H,1-3H3,(H,19,20). The fourth-order valence-electron chi connectivity index (χ4n) is 2.04. The number of amides is 1. The lowest BCUT2D eigenvalue weighted by atomic mass is 10.1. The quantitative estimate of drug-likeness (QED) is 0.893. The van der Waals surface area contributed by atoms with Crippen molar-refractivity contribution in [3.63, 3.8) is 0 Å². The number of para-hydroxylation sites is 1. The van der Waals surface area contributed by atoms with E-state index in [1.54, 1.807) is 13.1 Å². The maximum atomic E-state index is 13.7. The van der Waals surface area contributed by atoms with Crippen molar-refractivity contribution < 1.29 is 9.18 Å². The van der Waals surface area contributed by atoms with Gasteiger partial charge in [-0.15, -0.1) is 0 Å². The third-order valence-electron chi connectivity index (χ3n) is 3.36. The van der Waals surface area contributed by atoms with Crippen LogP contribution in [0.15, 0.2) is 36.4 Å². The number of nitrogens with one attached hydrogen (secondary N) is 2. The van der Waals surface area contributed by atoms with Gasteiger partial charge in [0, 0.05) is 12.7 Å². The number of carbonyl (C=O) groups is 1. The Bertz CT molecular complexity index is 653. The van der Waals surface area contributed by atoms with E-state index < -0.39 is 5.82 Å². The average Bonchev–Trinajstić information content (AvgIpc) is 2.43. The van der Waals surface area contributed by atoms with Gasteiger partial charge in [-0.2, -0.15) is 0 Å². The molecule has 2 aromatic rings. The first-order valence-corrected chi connectivity index (χ1v) is 6.38. The van der Waals surface area contributed by atoms with Crippen LogP contribution < -0.4 is 10.6 Å². The maximum absolute atomic E-state index is 13.7. The molecule has 0 radical (unpaired) electrons. The molecule has 0 saturated carbocycles. The van der Waals surface area contributed by atoms with Gasteiger partial charge in [0.15, 0.2) is 0 Å². The Kier molecular flexibility index (Phi) is 4.03. The van der Waals surface area contributed by atoms with Gasteiger partial charge >= 0.3 is 0 Å². The summed E-state index contributed by atoms with van der Waals surface area (Å²) in [5.74, 6) is -0.774. The molecule has 4 heteroatoms. The smallest absolute Gasteiger partial charge is 0.257 e. The molecule has 2 rings (SSSR count). The average molecular weight is 272 g/mol. The molecule has 0 spiro atoms. The molecule has 104 valence electrons. The van der Waals surface area contributed by atoms with Crippen molar-refractivity contribution in [2.75, 3.05) is 17.7 Å². The monoisotopic (exact) mass is 272 g/mol. The Morgan fingerprint density at radius 2 is 1.80 bits per heavy atom. The summed E-state index contributed by atoms with van der Waals surface area (Å²) in [7, 11) is 1.59. The second-order valence-corrected chi connectivity index (χ2v) is 4.61. The van der Waals surface area contributed by atoms with E-state index in [0.29, 0.717) is 0 Å². The van der Waals surface area contributed by atoms with Crippen molar-refractivity contribution in [2.24, 2.45) is 0 Å². The van der Waals surface area contributed by atoms with Gasteiger partial charge in [0.05, 0.1) is 11.3 Å². The number of aryl methyl sites for hydroxylation is 1. The van der Waals surface area contributed by atoms with E-state index in [2.05, 4.69) is 10.6 Å². The number of rotatable bonds is 3. The number of carbonyl (C=O) groups excluding carboxylic acids is 1. The summed E-state index contributed by atoms with van der Waals surface area (Å²) in [5.41, 5.74) is 3.32. The fourth-order valence-corrected chi connectivity index (χ4v) is 2.04. The van der Waals surface area contributed by atoms with Gasteiger partial charge < -0.3 is 10.6 Å². The Balaban J connectivity index is 2.34. The molecule has 0 aromatic heterocycles. The van der Waals surface area contributed by atoms with Gasteiger partial charge in [-0.05, 0) is 43.2 Å². The number of hydrogen-bond donors (Lipinski definition) is 2. The molecule has 20 heavy (non-hydrogen) atoms. The zero-order chi connectivity index (χ0) is 14.7. The lowest BCUT2D eigenvalue weighted by Gasteiger charge is -2.13. The van der Waals surface area contributed by atoms with Gasteiger partial charge in [0.25, 0.3) is 5.91 Å². The third kappa shape index (κ3) is 2.64. The van der Waals surface area contributed by atoms with E-state index in [9.17, 15) is 9.18 Å². The van der Waals surface area contributed by atoms with E-state index in [0.717, 1.165) is 16.8 Å². The highest BCUT2D eigenvalue weighted by atomic mass is 19.1. The van der Waals surface area contributed by atoms with Crippen LogP contribution in [-0.4, -0.2) is 13.0 Å².